The Bertz CT molecular complexity index is 1250. The molecule has 2 saturated heterocycles. The molecule has 7 heteroatoms. The zero-order valence-electron chi connectivity index (χ0n) is 26.8. The second kappa shape index (κ2) is 12.1. The Morgan fingerprint density at radius 2 is 1.24 bits per heavy atom. The molecule has 4 atom stereocenters. The molecule has 42 heavy (non-hydrogen) atoms. The third-order valence-corrected chi connectivity index (χ3v) is 9.41. The number of hydrogen-bond donors (Lipinski definition) is 1. The van der Waals surface area contributed by atoms with Gasteiger partial charge in [0.2, 0.25) is 0 Å². The van der Waals surface area contributed by atoms with Crippen LogP contribution in [0.4, 0.5) is 0 Å². The molecule has 2 heterocycles. The molecule has 0 amide bonds. The summed E-state index contributed by atoms with van der Waals surface area (Å²) in [4.78, 5) is 26.2. The molecule has 1 radical (unpaired) electrons. The summed E-state index contributed by atoms with van der Waals surface area (Å²) in [7, 11) is 0. The Balaban J connectivity index is 1.37. The van der Waals surface area contributed by atoms with Crippen LogP contribution in [-0.2, 0) is 14.8 Å². The van der Waals surface area contributed by atoms with Crippen LogP contribution in [0.2, 0.25) is 0 Å². The number of benzene rings is 2. The first kappa shape index (κ1) is 32.2. The first-order valence-corrected chi connectivity index (χ1v) is 15.4. The largest absolute Gasteiger partial charge is 0.426 e. The van der Waals surface area contributed by atoms with Gasteiger partial charge in [0.05, 0.1) is 11.8 Å². The minimum absolute atomic E-state index is 0.128. The summed E-state index contributed by atoms with van der Waals surface area (Å²) >= 11 is 0. The fraction of sp³-hybridized carbons (Fsp3) is 0.600. The van der Waals surface area contributed by atoms with E-state index in [1.54, 1.807) is 12.1 Å². The standard InChI is InChI=1S/C35H49N2O5/c1-22(2)30-18-26(20-34(7,8)37(30)40)31(38)41-28-14-10-24(11-15-28)25-12-16-29(17-13-25)42-32(39)27-19-33(5,6)36-35(9,21-27)23(3)4/h10-17,22-23,26-27,30,36H,18-21H2,1-9H3. The van der Waals surface area contributed by atoms with Crippen LogP contribution in [0.1, 0.15) is 88.0 Å². The van der Waals surface area contributed by atoms with Crippen LogP contribution < -0.4 is 14.8 Å². The van der Waals surface area contributed by atoms with Crippen molar-refractivity contribution in [3.05, 3.63) is 48.5 Å². The molecule has 1 N–H and O–H groups in total. The number of rotatable bonds is 7. The maximum Gasteiger partial charge on any atom is 0.314 e. The van der Waals surface area contributed by atoms with Crippen molar-refractivity contribution in [2.24, 2.45) is 23.7 Å². The molecule has 0 bridgehead atoms. The lowest BCUT2D eigenvalue weighted by Gasteiger charge is -2.49. The lowest BCUT2D eigenvalue weighted by Crippen LogP contribution is -2.62. The van der Waals surface area contributed by atoms with E-state index in [0.29, 0.717) is 30.3 Å². The second-order valence-electron chi connectivity index (χ2n) is 14.7. The normalized spacial score (nSPS) is 27.6. The highest BCUT2D eigenvalue weighted by molar-refractivity contribution is 5.77. The molecule has 4 rings (SSSR count). The minimum Gasteiger partial charge on any atom is -0.426 e. The van der Waals surface area contributed by atoms with Crippen LogP contribution in [0, 0.1) is 23.7 Å². The van der Waals surface area contributed by atoms with Crippen molar-refractivity contribution in [3.8, 4) is 22.6 Å². The Morgan fingerprint density at radius 1 is 0.762 bits per heavy atom. The lowest BCUT2D eigenvalue weighted by atomic mass is 9.70. The van der Waals surface area contributed by atoms with Gasteiger partial charge in [-0.2, -0.15) is 0 Å². The highest BCUT2D eigenvalue weighted by Gasteiger charge is 2.46. The van der Waals surface area contributed by atoms with Gasteiger partial charge in [0.15, 0.2) is 0 Å². The van der Waals surface area contributed by atoms with Gasteiger partial charge >= 0.3 is 11.9 Å². The quantitative estimate of drug-likeness (QED) is 0.276. The Kier molecular flexibility index (Phi) is 9.27. The molecule has 7 nitrogen and oxygen atoms in total. The Morgan fingerprint density at radius 3 is 1.69 bits per heavy atom. The number of ether oxygens (including phenoxy) is 2. The van der Waals surface area contributed by atoms with E-state index < -0.39 is 5.54 Å². The number of esters is 2. The van der Waals surface area contributed by atoms with Crippen LogP contribution in [0.5, 0.6) is 11.5 Å². The van der Waals surface area contributed by atoms with Gasteiger partial charge in [0.1, 0.15) is 11.5 Å². The average molecular weight is 578 g/mol. The molecule has 0 spiro atoms. The van der Waals surface area contributed by atoms with Crippen molar-refractivity contribution in [2.45, 2.75) is 111 Å². The molecule has 2 fully saturated rings. The number of piperidine rings is 2. The summed E-state index contributed by atoms with van der Waals surface area (Å²) in [6.07, 6.45) is 2.46. The number of carbonyl (C=O) groups excluding carboxylic acids is 2. The lowest BCUT2D eigenvalue weighted by molar-refractivity contribution is -0.273. The molecule has 2 aromatic rings. The van der Waals surface area contributed by atoms with E-state index in [0.717, 1.165) is 24.0 Å². The highest BCUT2D eigenvalue weighted by Crippen LogP contribution is 2.39. The summed E-state index contributed by atoms with van der Waals surface area (Å²) in [6.45, 7) is 18.7. The van der Waals surface area contributed by atoms with Crippen molar-refractivity contribution < 1.29 is 24.3 Å². The summed E-state index contributed by atoms with van der Waals surface area (Å²) in [5, 5.41) is 17.6. The van der Waals surface area contributed by atoms with Gasteiger partial charge in [0, 0.05) is 22.7 Å². The third-order valence-electron chi connectivity index (χ3n) is 9.41. The highest BCUT2D eigenvalue weighted by atomic mass is 16.5. The number of hydrogen-bond acceptors (Lipinski definition) is 6. The molecule has 0 aliphatic carbocycles. The Labute approximate surface area is 251 Å². The average Bonchev–Trinajstić information content (AvgIpc) is 2.89. The van der Waals surface area contributed by atoms with Gasteiger partial charge in [-0.05, 0) is 108 Å². The number of carbonyl (C=O) groups is 2. The minimum atomic E-state index is -0.611. The van der Waals surface area contributed by atoms with Crippen LogP contribution in [0.25, 0.3) is 11.1 Å². The SMILES string of the molecule is CC(C)C1CC(C(=O)Oc2ccc(-c3ccc(OC(=O)C4CC(C)(C)NC(C)(C(C)C)C4)cc3)cc2)CC(C)(C)N1[O]. The number of nitrogens with one attached hydrogen (secondary N) is 1. The van der Waals surface area contributed by atoms with Gasteiger partial charge in [-0.25, -0.2) is 0 Å². The molecule has 2 aliphatic heterocycles. The number of nitrogens with zero attached hydrogens (tertiary/aromatic N) is 1. The zero-order chi connectivity index (χ0) is 31.0. The van der Waals surface area contributed by atoms with Gasteiger partial charge in [-0.15, -0.1) is 10.3 Å². The van der Waals surface area contributed by atoms with E-state index in [9.17, 15) is 14.8 Å². The second-order valence-corrected chi connectivity index (χ2v) is 14.7. The van der Waals surface area contributed by atoms with Crippen molar-refractivity contribution in [3.63, 3.8) is 0 Å². The van der Waals surface area contributed by atoms with Crippen LogP contribution in [0.3, 0.4) is 0 Å². The molecule has 0 saturated carbocycles. The maximum absolute atomic E-state index is 13.2. The van der Waals surface area contributed by atoms with Gasteiger partial charge in [-0.1, -0.05) is 52.0 Å². The summed E-state index contributed by atoms with van der Waals surface area (Å²) in [6, 6.07) is 14.7. The Hall–Kier alpha value is -2.74. The van der Waals surface area contributed by atoms with Crippen molar-refractivity contribution in [1.82, 2.24) is 10.4 Å². The molecule has 4 unspecified atom stereocenters. The first-order valence-electron chi connectivity index (χ1n) is 15.4. The van der Waals surface area contributed by atoms with E-state index in [2.05, 4.69) is 39.9 Å². The third kappa shape index (κ3) is 7.24. The molecule has 229 valence electrons. The van der Waals surface area contributed by atoms with E-state index >= 15 is 0 Å². The van der Waals surface area contributed by atoms with Gasteiger partial charge < -0.3 is 14.8 Å². The fourth-order valence-electron chi connectivity index (χ4n) is 6.79. The van der Waals surface area contributed by atoms with Crippen LogP contribution >= 0.6 is 0 Å². The predicted molar refractivity (Wildman–Crippen MR) is 164 cm³/mol. The summed E-state index contributed by atoms with van der Waals surface area (Å²) in [5.41, 5.74) is 1.04. The monoisotopic (exact) mass is 577 g/mol. The van der Waals surface area contributed by atoms with E-state index in [1.807, 2.05) is 64.1 Å². The van der Waals surface area contributed by atoms with Gasteiger partial charge in [-0.3, -0.25) is 9.59 Å². The zero-order valence-corrected chi connectivity index (χ0v) is 26.8. The summed E-state index contributed by atoms with van der Waals surface area (Å²) < 4.78 is 11.6. The van der Waals surface area contributed by atoms with E-state index in [-0.39, 0.29) is 46.8 Å². The van der Waals surface area contributed by atoms with Crippen LogP contribution in [-0.4, -0.2) is 39.7 Å². The van der Waals surface area contributed by atoms with Crippen molar-refractivity contribution >= 4 is 11.9 Å². The summed E-state index contributed by atoms with van der Waals surface area (Å²) in [5.74, 6) is 0.610. The molecule has 0 aromatic heterocycles. The maximum atomic E-state index is 13.2. The first-order chi connectivity index (χ1) is 19.5. The van der Waals surface area contributed by atoms with Crippen LogP contribution in [0.15, 0.2) is 48.5 Å². The smallest absolute Gasteiger partial charge is 0.314 e. The van der Waals surface area contributed by atoms with Gasteiger partial charge in [0.25, 0.3) is 0 Å². The van der Waals surface area contributed by atoms with E-state index in [1.165, 1.54) is 5.06 Å². The molecular weight excluding hydrogens is 528 g/mol. The van der Waals surface area contributed by atoms with E-state index in [4.69, 9.17) is 9.47 Å². The number of hydroxylamine groups is 2. The topological polar surface area (TPSA) is 87.8 Å². The van der Waals surface area contributed by atoms with Crippen molar-refractivity contribution in [2.75, 3.05) is 0 Å². The fourth-order valence-corrected chi connectivity index (χ4v) is 6.79. The predicted octanol–water partition coefficient (Wildman–Crippen LogP) is 7.22. The van der Waals surface area contributed by atoms with Crippen molar-refractivity contribution in [1.29, 1.82) is 0 Å². The molecule has 2 aromatic carbocycles. The molecule has 2 aliphatic rings. The molecular formula is C35H49N2O5.